The maximum absolute atomic E-state index is 12.4. The molecule has 0 unspecified atom stereocenters. The molecule has 1 N–H and O–H groups in total. The minimum absolute atomic E-state index is 0.0775. The summed E-state index contributed by atoms with van der Waals surface area (Å²) in [5.74, 6) is 0.812. The standard InChI is InChI=1S/C16H18ClN5O3/c1-11-8-14(20-25-11)19-15(23)10-21-4-6-22(7-5-21)16(24)12-2-3-13(17)18-9-12/h2-3,8-9H,4-7,10H2,1H3,(H,19,20,23). The van der Waals surface area contributed by atoms with Gasteiger partial charge in [-0.25, -0.2) is 4.98 Å². The van der Waals surface area contributed by atoms with Gasteiger partial charge < -0.3 is 14.7 Å². The van der Waals surface area contributed by atoms with Crippen molar-refractivity contribution in [3.05, 3.63) is 40.9 Å². The maximum Gasteiger partial charge on any atom is 0.255 e. The van der Waals surface area contributed by atoms with Gasteiger partial charge in [0.1, 0.15) is 10.9 Å². The summed E-state index contributed by atoms with van der Waals surface area (Å²) in [6.45, 7) is 4.36. The van der Waals surface area contributed by atoms with Crippen LogP contribution in [-0.4, -0.2) is 64.5 Å². The van der Waals surface area contributed by atoms with Crippen molar-refractivity contribution in [3.63, 3.8) is 0 Å². The summed E-state index contributed by atoms with van der Waals surface area (Å²) >= 11 is 5.74. The first-order valence-corrected chi connectivity index (χ1v) is 8.25. The summed E-state index contributed by atoms with van der Waals surface area (Å²) in [7, 11) is 0. The van der Waals surface area contributed by atoms with Gasteiger partial charge in [0.05, 0.1) is 12.1 Å². The molecule has 132 valence electrons. The van der Waals surface area contributed by atoms with E-state index in [2.05, 4.69) is 15.5 Å². The number of piperazine rings is 1. The SMILES string of the molecule is Cc1cc(NC(=O)CN2CCN(C(=O)c3ccc(Cl)nc3)CC2)no1. The number of aromatic nitrogens is 2. The van der Waals surface area contributed by atoms with Crippen LogP contribution in [0, 0.1) is 6.92 Å². The van der Waals surface area contributed by atoms with Crippen LogP contribution in [0.25, 0.3) is 0 Å². The molecule has 2 amide bonds. The van der Waals surface area contributed by atoms with E-state index in [9.17, 15) is 9.59 Å². The van der Waals surface area contributed by atoms with E-state index in [1.165, 1.54) is 6.20 Å². The lowest BCUT2D eigenvalue weighted by atomic mass is 10.2. The van der Waals surface area contributed by atoms with Gasteiger partial charge in [-0.2, -0.15) is 0 Å². The smallest absolute Gasteiger partial charge is 0.255 e. The van der Waals surface area contributed by atoms with Gasteiger partial charge in [0, 0.05) is 38.4 Å². The molecule has 9 heteroatoms. The molecule has 2 aromatic heterocycles. The highest BCUT2D eigenvalue weighted by atomic mass is 35.5. The second kappa shape index (κ2) is 7.62. The molecule has 25 heavy (non-hydrogen) atoms. The number of carbonyl (C=O) groups is 2. The van der Waals surface area contributed by atoms with Crippen LogP contribution in [0.5, 0.6) is 0 Å². The van der Waals surface area contributed by atoms with E-state index in [0.29, 0.717) is 48.5 Å². The lowest BCUT2D eigenvalue weighted by Gasteiger charge is -2.34. The van der Waals surface area contributed by atoms with E-state index in [4.69, 9.17) is 16.1 Å². The molecule has 0 aromatic carbocycles. The van der Waals surface area contributed by atoms with Gasteiger partial charge in [-0.15, -0.1) is 0 Å². The highest BCUT2D eigenvalue weighted by molar-refractivity contribution is 6.29. The third-order valence-corrected chi connectivity index (χ3v) is 4.12. The van der Waals surface area contributed by atoms with Crippen LogP contribution in [0.1, 0.15) is 16.1 Å². The average molecular weight is 364 g/mol. The normalized spacial score (nSPS) is 15.2. The van der Waals surface area contributed by atoms with Crippen molar-refractivity contribution < 1.29 is 14.1 Å². The lowest BCUT2D eigenvalue weighted by Crippen LogP contribution is -2.50. The zero-order valence-corrected chi connectivity index (χ0v) is 14.5. The van der Waals surface area contributed by atoms with Crippen molar-refractivity contribution in [3.8, 4) is 0 Å². The highest BCUT2D eigenvalue weighted by Gasteiger charge is 2.23. The Labute approximate surface area is 149 Å². The van der Waals surface area contributed by atoms with Crippen LogP contribution in [0.2, 0.25) is 5.15 Å². The summed E-state index contributed by atoms with van der Waals surface area (Å²) in [5, 5.41) is 6.77. The number of nitrogens with zero attached hydrogens (tertiary/aromatic N) is 4. The Morgan fingerprint density at radius 2 is 2.04 bits per heavy atom. The number of nitrogens with one attached hydrogen (secondary N) is 1. The molecule has 1 saturated heterocycles. The zero-order chi connectivity index (χ0) is 17.8. The van der Waals surface area contributed by atoms with Crippen LogP contribution in [0.4, 0.5) is 5.82 Å². The topological polar surface area (TPSA) is 91.6 Å². The fourth-order valence-electron chi connectivity index (χ4n) is 2.60. The average Bonchev–Trinajstić information content (AvgIpc) is 3.00. The predicted octanol–water partition coefficient (Wildman–Crippen LogP) is 1.43. The molecule has 0 saturated carbocycles. The van der Waals surface area contributed by atoms with Crippen molar-refractivity contribution in [1.82, 2.24) is 19.9 Å². The summed E-state index contributed by atoms with van der Waals surface area (Å²) in [6, 6.07) is 4.92. The molecular formula is C16H18ClN5O3. The van der Waals surface area contributed by atoms with Crippen molar-refractivity contribution >= 4 is 29.2 Å². The number of rotatable bonds is 4. The Kier molecular flexibility index (Phi) is 5.30. The summed E-state index contributed by atoms with van der Waals surface area (Å²) in [6.07, 6.45) is 1.48. The highest BCUT2D eigenvalue weighted by Crippen LogP contribution is 2.11. The van der Waals surface area contributed by atoms with Crippen molar-refractivity contribution in [2.75, 3.05) is 38.0 Å². The molecular weight excluding hydrogens is 346 g/mol. The van der Waals surface area contributed by atoms with E-state index in [1.54, 1.807) is 30.0 Å². The number of aryl methyl sites for hydroxylation is 1. The first kappa shape index (κ1) is 17.4. The van der Waals surface area contributed by atoms with E-state index in [-0.39, 0.29) is 18.4 Å². The van der Waals surface area contributed by atoms with Crippen LogP contribution in [-0.2, 0) is 4.79 Å². The first-order valence-electron chi connectivity index (χ1n) is 7.87. The second-order valence-electron chi connectivity index (χ2n) is 5.81. The number of pyridine rings is 1. The number of halogens is 1. The number of hydrogen-bond donors (Lipinski definition) is 1. The summed E-state index contributed by atoms with van der Waals surface area (Å²) in [4.78, 5) is 32.1. The molecule has 3 rings (SSSR count). The molecule has 3 heterocycles. The third kappa shape index (κ3) is 4.55. The van der Waals surface area contributed by atoms with Gasteiger partial charge in [-0.3, -0.25) is 14.5 Å². The minimum Gasteiger partial charge on any atom is -0.360 e. The van der Waals surface area contributed by atoms with E-state index in [1.807, 2.05) is 4.90 Å². The van der Waals surface area contributed by atoms with Crippen LogP contribution < -0.4 is 5.32 Å². The van der Waals surface area contributed by atoms with Crippen LogP contribution in [0.15, 0.2) is 28.9 Å². The Bertz CT molecular complexity index is 753. The Morgan fingerprint density at radius 3 is 2.64 bits per heavy atom. The second-order valence-corrected chi connectivity index (χ2v) is 6.20. The molecule has 0 atom stereocenters. The van der Waals surface area contributed by atoms with Crippen molar-refractivity contribution in [1.29, 1.82) is 0 Å². The molecule has 1 fully saturated rings. The molecule has 0 spiro atoms. The Morgan fingerprint density at radius 1 is 1.28 bits per heavy atom. The number of amides is 2. The first-order chi connectivity index (χ1) is 12.0. The van der Waals surface area contributed by atoms with Gasteiger partial charge in [-0.05, 0) is 19.1 Å². The Balaban J connectivity index is 1.47. The van der Waals surface area contributed by atoms with Gasteiger partial charge in [0.2, 0.25) is 5.91 Å². The molecule has 2 aromatic rings. The van der Waals surface area contributed by atoms with E-state index in [0.717, 1.165) is 0 Å². The molecule has 0 bridgehead atoms. The van der Waals surface area contributed by atoms with E-state index >= 15 is 0 Å². The fraction of sp³-hybridized carbons (Fsp3) is 0.375. The van der Waals surface area contributed by atoms with Gasteiger partial charge >= 0.3 is 0 Å². The predicted molar refractivity (Wildman–Crippen MR) is 91.5 cm³/mol. The number of hydrogen-bond acceptors (Lipinski definition) is 6. The summed E-state index contributed by atoms with van der Waals surface area (Å²) < 4.78 is 4.91. The fourth-order valence-corrected chi connectivity index (χ4v) is 2.72. The molecule has 1 aliphatic heterocycles. The quantitative estimate of drug-likeness (QED) is 0.826. The van der Waals surface area contributed by atoms with Crippen LogP contribution in [0.3, 0.4) is 0 Å². The monoisotopic (exact) mass is 363 g/mol. The van der Waals surface area contributed by atoms with Crippen molar-refractivity contribution in [2.45, 2.75) is 6.92 Å². The maximum atomic E-state index is 12.4. The van der Waals surface area contributed by atoms with Gasteiger partial charge in [0.15, 0.2) is 5.82 Å². The molecule has 0 aliphatic carbocycles. The summed E-state index contributed by atoms with van der Waals surface area (Å²) in [5.41, 5.74) is 0.511. The number of carbonyl (C=O) groups excluding carboxylic acids is 2. The largest absolute Gasteiger partial charge is 0.360 e. The van der Waals surface area contributed by atoms with Crippen molar-refractivity contribution in [2.24, 2.45) is 0 Å². The Hall–Kier alpha value is -2.45. The molecule has 0 radical (unpaired) electrons. The molecule has 1 aliphatic rings. The minimum atomic E-state index is -0.157. The third-order valence-electron chi connectivity index (χ3n) is 3.90. The zero-order valence-electron chi connectivity index (χ0n) is 13.7. The van der Waals surface area contributed by atoms with Crippen LogP contribution >= 0.6 is 11.6 Å². The van der Waals surface area contributed by atoms with Gasteiger partial charge in [0.25, 0.3) is 5.91 Å². The lowest BCUT2D eigenvalue weighted by molar-refractivity contribution is -0.117. The molecule has 8 nitrogen and oxygen atoms in total. The van der Waals surface area contributed by atoms with E-state index < -0.39 is 0 Å². The van der Waals surface area contributed by atoms with Gasteiger partial charge in [-0.1, -0.05) is 16.8 Å². The number of anilines is 1.